The summed E-state index contributed by atoms with van der Waals surface area (Å²) < 4.78 is 27.4. The van der Waals surface area contributed by atoms with E-state index in [1.165, 1.54) is 24.3 Å². The van der Waals surface area contributed by atoms with Crippen molar-refractivity contribution in [1.29, 1.82) is 0 Å². The molecule has 1 unspecified atom stereocenters. The zero-order valence-corrected chi connectivity index (χ0v) is 17.9. The van der Waals surface area contributed by atoms with Crippen molar-refractivity contribution < 1.29 is 13.2 Å². The number of nitrogens with one attached hydrogen (secondary N) is 2. The van der Waals surface area contributed by atoms with Gasteiger partial charge in [0.25, 0.3) is 5.91 Å². The molecule has 6 heteroatoms. The van der Waals surface area contributed by atoms with E-state index in [1.54, 1.807) is 0 Å². The summed E-state index contributed by atoms with van der Waals surface area (Å²) in [6.07, 6.45) is 1.40. The third-order valence-electron chi connectivity index (χ3n) is 4.90. The maximum absolute atomic E-state index is 12.7. The maximum Gasteiger partial charge on any atom is 0.255 e. The van der Waals surface area contributed by atoms with Gasteiger partial charge in [-0.3, -0.25) is 4.79 Å². The molecule has 0 aromatic heterocycles. The molecule has 0 spiro atoms. The van der Waals surface area contributed by atoms with E-state index < -0.39 is 10.0 Å². The number of amides is 1. The minimum atomic E-state index is -3.60. The molecule has 3 rings (SSSR count). The number of hydrogen-bond acceptors (Lipinski definition) is 3. The molecule has 156 valence electrons. The summed E-state index contributed by atoms with van der Waals surface area (Å²) in [5.41, 5.74) is 3.30. The van der Waals surface area contributed by atoms with Crippen LogP contribution < -0.4 is 10.0 Å². The standard InChI is InChI=1S/C24H26N2O3S/c1-3-18(2)26-30(28,29)22-15-13-20(14-16-22)24(27)25-23-12-8-7-11-21(23)17-19-9-5-4-6-10-19/h4-16,18,26H,3,17H2,1-2H3,(H,25,27). The molecule has 1 amide bonds. The van der Waals surface area contributed by atoms with Gasteiger partial charge in [0.05, 0.1) is 4.90 Å². The highest BCUT2D eigenvalue weighted by Gasteiger charge is 2.17. The molecule has 30 heavy (non-hydrogen) atoms. The van der Waals surface area contributed by atoms with Gasteiger partial charge in [-0.25, -0.2) is 13.1 Å². The number of carbonyl (C=O) groups excluding carboxylic acids is 1. The Morgan fingerprint density at radius 1 is 0.900 bits per heavy atom. The number of benzene rings is 3. The van der Waals surface area contributed by atoms with Gasteiger partial charge in [-0.15, -0.1) is 0 Å². The Hall–Kier alpha value is -2.96. The lowest BCUT2D eigenvalue weighted by molar-refractivity contribution is 0.102. The highest BCUT2D eigenvalue weighted by Crippen LogP contribution is 2.20. The van der Waals surface area contributed by atoms with E-state index in [4.69, 9.17) is 0 Å². The second-order valence-corrected chi connectivity index (χ2v) is 8.94. The van der Waals surface area contributed by atoms with E-state index in [9.17, 15) is 13.2 Å². The molecule has 3 aromatic rings. The van der Waals surface area contributed by atoms with Crippen LogP contribution in [0, 0.1) is 0 Å². The molecule has 0 aliphatic heterocycles. The monoisotopic (exact) mass is 422 g/mol. The molecule has 0 saturated carbocycles. The van der Waals surface area contributed by atoms with Gasteiger partial charge >= 0.3 is 0 Å². The lowest BCUT2D eigenvalue weighted by Gasteiger charge is -2.13. The molecule has 3 aromatic carbocycles. The van der Waals surface area contributed by atoms with Crippen LogP contribution in [0.15, 0.2) is 83.8 Å². The molecule has 0 aliphatic carbocycles. The van der Waals surface area contributed by atoms with Crippen molar-refractivity contribution >= 4 is 21.6 Å². The lowest BCUT2D eigenvalue weighted by atomic mass is 10.0. The number of anilines is 1. The molecule has 0 heterocycles. The average Bonchev–Trinajstić information content (AvgIpc) is 2.75. The van der Waals surface area contributed by atoms with Crippen LogP contribution in [0.3, 0.4) is 0 Å². The quantitative estimate of drug-likeness (QED) is 0.557. The summed E-state index contributed by atoms with van der Waals surface area (Å²) in [6.45, 7) is 3.72. The van der Waals surface area contributed by atoms with Crippen LogP contribution >= 0.6 is 0 Å². The number of para-hydroxylation sites is 1. The summed E-state index contributed by atoms with van der Waals surface area (Å²) in [6, 6.07) is 23.5. The van der Waals surface area contributed by atoms with Gasteiger partial charge in [0.15, 0.2) is 0 Å². The third-order valence-corrected chi connectivity index (χ3v) is 6.50. The fourth-order valence-corrected chi connectivity index (χ4v) is 4.34. The number of hydrogen-bond donors (Lipinski definition) is 2. The molecule has 5 nitrogen and oxygen atoms in total. The Labute approximate surface area is 178 Å². The van der Waals surface area contributed by atoms with Crippen molar-refractivity contribution in [1.82, 2.24) is 4.72 Å². The minimum Gasteiger partial charge on any atom is -0.322 e. The first-order valence-corrected chi connectivity index (χ1v) is 11.4. The van der Waals surface area contributed by atoms with Gasteiger partial charge in [-0.05, 0) is 61.2 Å². The van der Waals surface area contributed by atoms with E-state index in [2.05, 4.69) is 10.0 Å². The van der Waals surface area contributed by atoms with Gasteiger partial charge in [-0.2, -0.15) is 0 Å². The van der Waals surface area contributed by atoms with Crippen molar-refractivity contribution in [3.63, 3.8) is 0 Å². The van der Waals surface area contributed by atoms with Gasteiger partial charge < -0.3 is 5.32 Å². The predicted molar refractivity (Wildman–Crippen MR) is 120 cm³/mol. The number of sulfonamides is 1. The van der Waals surface area contributed by atoms with Crippen LogP contribution in [0.5, 0.6) is 0 Å². The van der Waals surface area contributed by atoms with E-state index >= 15 is 0 Å². The van der Waals surface area contributed by atoms with Crippen molar-refractivity contribution in [3.05, 3.63) is 95.6 Å². The molecule has 0 fully saturated rings. The van der Waals surface area contributed by atoms with E-state index in [-0.39, 0.29) is 16.8 Å². The molecule has 0 aliphatic rings. The number of carbonyl (C=O) groups is 1. The second-order valence-electron chi connectivity index (χ2n) is 7.23. The van der Waals surface area contributed by atoms with Crippen molar-refractivity contribution in [2.45, 2.75) is 37.6 Å². The van der Waals surface area contributed by atoms with Crippen molar-refractivity contribution in [3.8, 4) is 0 Å². The first kappa shape index (κ1) is 21.7. The maximum atomic E-state index is 12.7. The normalized spacial score (nSPS) is 12.3. The van der Waals surface area contributed by atoms with Crippen molar-refractivity contribution in [2.24, 2.45) is 0 Å². The Kier molecular flexibility index (Phi) is 7.03. The summed E-state index contributed by atoms with van der Waals surface area (Å²) >= 11 is 0. The highest BCUT2D eigenvalue weighted by atomic mass is 32.2. The van der Waals surface area contributed by atoms with Crippen molar-refractivity contribution in [2.75, 3.05) is 5.32 Å². The number of rotatable bonds is 8. The summed E-state index contributed by atoms with van der Waals surface area (Å²) in [4.78, 5) is 12.9. The van der Waals surface area contributed by atoms with Crippen LogP contribution in [-0.2, 0) is 16.4 Å². The average molecular weight is 423 g/mol. The Bertz CT molecular complexity index is 1090. The van der Waals surface area contributed by atoms with Gasteiger partial charge in [0.2, 0.25) is 10.0 Å². The first-order chi connectivity index (χ1) is 14.4. The lowest BCUT2D eigenvalue weighted by Crippen LogP contribution is -2.32. The van der Waals surface area contributed by atoms with E-state index in [0.29, 0.717) is 18.4 Å². The fourth-order valence-electron chi connectivity index (χ4n) is 3.01. The van der Waals surface area contributed by atoms with Crippen LogP contribution in [0.4, 0.5) is 5.69 Å². The molecule has 2 N–H and O–H groups in total. The third kappa shape index (κ3) is 5.55. The zero-order valence-electron chi connectivity index (χ0n) is 17.1. The Balaban J connectivity index is 1.74. The van der Waals surface area contributed by atoms with Crippen LogP contribution in [0.2, 0.25) is 0 Å². The molecule has 0 bridgehead atoms. The van der Waals surface area contributed by atoms with Gasteiger partial charge in [0, 0.05) is 17.3 Å². The molecule has 0 radical (unpaired) electrons. The largest absolute Gasteiger partial charge is 0.322 e. The molecule has 0 saturated heterocycles. The topological polar surface area (TPSA) is 75.3 Å². The summed E-state index contributed by atoms with van der Waals surface area (Å²) in [7, 11) is -3.60. The first-order valence-electron chi connectivity index (χ1n) is 9.94. The van der Waals surface area contributed by atoms with Gasteiger partial charge in [0.1, 0.15) is 0 Å². The predicted octanol–water partition coefficient (Wildman–Crippen LogP) is 4.61. The second kappa shape index (κ2) is 9.69. The molecular formula is C24H26N2O3S. The summed E-state index contributed by atoms with van der Waals surface area (Å²) in [5, 5.41) is 2.94. The van der Waals surface area contributed by atoms with E-state index in [0.717, 1.165) is 16.8 Å². The van der Waals surface area contributed by atoms with Gasteiger partial charge in [-0.1, -0.05) is 55.5 Å². The van der Waals surface area contributed by atoms with Crippen LogP contribution in [0.25, 0.3) is 0 Å². The SMILES string of the molecule is CCC(C)NS(=O)(=O)c1ccc(C(=O)Nc2ccccc2Cc2ccccc2)cc1. The molecular weight excluding hydrogens is 396 g/mol. The highest BCUT2D eigenvalue weighted by molar-refractivity contribution is 7.89. The minimum absolute atomic E-state index is 0.142. The smallest absolute Gasteiger partial charge is 0.255 e. The fraction of sp³-hybridized carbons (Fsp3) is 0.208. The van der Waals surface area contributed by atoms with Crippen LogP contribution in [0.1, 0.15) is 41.8 Å². The Morgan fingerprint density at radius 3 is 2.20 bits per heavy atom. The zero-order chi connectivity index (χ0) is 21.6. The molecule has 1 atom stereocenters. The summed E-state index contributed by atoms with van der Waals surface area (Å²) in [5.74, 6) is -0.283. The Morgan fingerprint density at radius 2 is 1.53 bits per heavy atom. The van der Waals surface area contributed by atoms with E-state index in [1.807, 2.05) is 68.4 Å². The van der Waals surface area contributed by atoms with Crippen LogP contribution in [-0.4, -0.2) is 20.4 Å².